The SMILES string of the molecule is CCC(OC(CCC(C)N)C(=O)N1CCC(=S)[C@H]1C(=O)O)C(=O)O. The lowest BCUT2D eigenvalue weighted by Gasteiger charge is -2.28. The molecule has 0 bridgehead atoms. The molecule has 1 saturated heterocycles. The predicted octanol–water partition coefficient (Wildman–Crippen LogP) is 0.418. The van der Waals surface area contributed by atoms with Gasteiger partial charge in [-0.2, -0.15) is 0 Å². The fourth-order valence-electron chi connectivity index (χ4n) is 2.56. The molecule has 9 heteroatoms. The van der Waals surface area contributed by atoms with Gasteiger partial charge in [0.25, 0.3) is 5.91 Å². The minimum absolute atomic E-state index is 0.191. The second kappa shape index (κ2) is 9.05. The number of hydrogen-bond donors (Lipinski definition) is 3. The van der Waals surface area contributed by atoms with Crippen molar-refractivity contribution in [1.29, 1.82) is 0 Å². The monoisotopic (exact) mass is 360 g/mol. The molecular formula is C15H24N2O6S. The fourth-order valence-corrected chi connectivity index (χ4v) is 2.87. The van der Waals surface area contributed by atoms with E-state index in [-0.39, 0.29) is 30.3 Å². The van der Waals surface area contributed by atoms with Crippen LogP contribution in [-0.4, -0.2) is 68.7 Å². The molecule has 24 heavy (non-hydrogen) atoms. The van der Waals surface area contributed by atoms with Crippen LogP contribution in [0.3, 0.4) is 0 Å². The van der Waals surface area contributed by atoms with Crippen LogP contribution in [0.15, 0.2) is 0 Å². The molecule has 0 aliphatic carbocycles. The van der Waals surface area contributed by atoms with Crippen molar-refractivity contribution in [3.8, 4) is 0 Å². The van der Waals surface area contributed by atoms with E-state index in [0.29, 0.717) is 12.8 Å². The van der Waals surface area contributed by atoms with E-state index in [1.807, 2.05) is 0 Å². The number of thiocarbonyl (C=S) groups is 1. The molecular weight excluding hydrogens is 336 g/mol. The number of hydrogen-bond acceptors (Lipinski definition) is 6. The summed E-state index contributed by atoms with van der Waals surface area (Å²) >= 11 is 5.03. The Morgan fingerprint density at radius 2 is 1.96 bits per heavy atom. The summed E-state index contributed by atoms with van der Waals surface area (Å²) in [7, 11) is 0. The van der Waals surface area contributed by atoms with Crippen LogP contribution in [0.1, 0.15) is 39.5 Å². The standard InChI is InChI=1S/C15H24N2O6S/c1-3-9(14(19)20)23-10(5-4-8(2)16)13(18)17-7-6-11(24)12(17)15(21)22/h8-10,12H,3-7,16H2,1-2H3,(H,19,20)(H,21,22)/t8?,9?,10?,12-/m0/s1. The van der Waals surface area contributed by atoms with Crippen molar-refractivity contribution >= 4 is 34.9 Å². The zero-order valence-electron chi connectivity index (χ0n) is 13.8. The van der Waals surface area contributed by atoms with E-state index in [9.17, 15) is 19.5 Å². The maximum absolute atomic E-state index is 12.7. The van der Waals surface area contributed by atoms with Gasteiger partial charge < -0.3 is 25.6 Å². The molecule has 4 N–H and O–H groups in total. The van der Waals surface area contributed by atoms with E-state index in [1.165, 1.54) is 0 Å². The minimum atomic E-state index is -1.19. The maximum atomic E-state index is 12.7. The molecule has 1 aliphatic rings. The topological polar surface area (TPSA) is 130 Å². The zero-order chi connectivity index (χ0) is 18.4. The number of amides is 1. The third-order valence-electron chi connectivity index (χ3n) is 3.87. The number of carboxylic acid groups (broad SMARTS) is 2. The fraction of sp³-hybridized carbons (Fsp3) is 0.733. The van der Waals surface area contributed by atoms with Crippen LogP contribution in [-0.2, 0) is 19.1 Å². The Morgan fingerprint density at radius 3 is 2.42 bits per heavy atom. The summed E-state index contributed by atoms with van der Waals surface area (Å²) in [5.74, 6) is -2.91. The third kappa shape index (κ3) is 5.22. The van der Waals surface area contributed by atoms with Gasteiger partial charge in [0.05, 0.1) is 0 Å². The lowest BCUT2D eigenvalue weighted by atomic mass is 10.1. The van der Waals surface area contributed by atoms with Crippen LogP contribution in [0, 0.1) is 0 Å². The number of ether oxygens (including phenoxy) is 1. The van der Waals surface area contributed by atoms with Gasteiger partial charge in [0.1, 0.15) is 6.10 Å². The van der Waals surface area contributed by atoms with Gasteiger partial charge in [-0.1, -0.05) is 19.1 Å². The van der Waals surface area contributed by atoms with Gasteiger partial charge in [-0.3, -0.25) is 4.79 Å². The van der Waals surface area contributed by atoms with Crippen LogP contribution >= 0.6 is 12.2 Å². The van der Waals surface area contributed by atoms with Crippen LogP contribution in [0.25, 0.3) is 0 Å². The summed E-state index contributed by atoms with van der Waals surface area (Å²) in [6, 6.07) is -1.36. The van der Waals surface area contributed by atoms with Gasteiger partial charge in [0.15, 0.2) is 12.1 Å². The van der Waals surface area contributed by atoms with Crippen molar-refractivity contribution in [2.24, 2.45) is 5.73 Å². The summed E-state index contributed by atoms with van der Waals surface area (Å²) in [6.45, 7) is 3.59. The lowest BCUT2D eigenvalue weighted by Crippen LogP contribution is -2.49. The number of carbonyl (C=O) groups excluding carboxylic acids is 1. The summed E-state index contributed by atoms with van der Waals surface area (Å²) < 4.78 is 5.47. The highest BCUT2D eigenvalue weighted by Gasteiger charge is 2.41. The van der Waals surface area contributed by atoms with Gasteiger partial charge in [-0.15, -0.1) is 0 Å². The average Bonchev–Trinajstić information content (AvgIpc) is 2.88. The number of nitrogens with zero attached hydrogens (tertiary/aromatic N) is 1. The van der Waals surface area contributed by atoms with Crippen LogP contribution in [0.2, 0.25) is 0 Å². The molecule has 0 spiro atoms. The smallest absolute Gasteiger partial charge is 0.332 e. The number of carboxylic acids is 2. The third-order valence-corrected chi connectivity index (χ3v) is 4.29. The largest absolute Gasteiger partial charge is 0.479 e. The molecule has 0 saturated carbocycles. The van der Waals surface area contributed by atoms with E-state index in [4.69, 9.17) is 27.8 Å². The van der Waals surface area contributed by atoms with Crippen LogP contribution < -0.4 is 5.73 Å². The molecule has 0 aromatic heterocycles. The summed E-state index contributed by atoms with van der Waals surface area (Å²) in [5, 5.41) is 18.4. The second-order valence-corrected chi connectivity index (χ2v) is 6.43. The van der Waals surface area contributed by atoms with Gasteiger partial charge >= 0.3 is 11.9 Å². The van der Waals surface area contributed by atoms with Gasteiger partial charge in [-0.05, 0) is 32.6 Å². The number of carbonyl (C=O) groups is 3. The summed E-state index contributed by atoms with van der Waals surface area (Å²) in [4.78, 5) is 36.7. The Balaban J connectivity index is 2.95. The molecule has 3 unspecified atom stereocenters. The first-order chi connectivity index (χ1) is 11.2. The summed E-state index contributed by atoms with van der Waals surface area (Å²) in [5.41, 5.74) is 5.70. The van der Waals surface area contributed by atoms with Crippen LogP contribution in [0.4, 0.5) is 0 Å². The quantitative estimate of drug-likeness (QED) is 0.504. The highest BCUT2D eigenvalue weighted by atomic mass is 32.1. The van der Waals surface area contributed by atoms with E-state index in [0.717, 1.165) is 4.90 Å². The first kappa shape index (κ1) is 20.5. The van der Waals surface area contributed by atoms with Crippen LogP contribution in [0.5, 0.6) is 0 Å². The van der Waals surface area contributed by atoms with Crippen molar-refractivity contribution in [3.05, 3.63) is 0 Å². The van der Waals surface area contributed by atoms with Gasteiger partial charge in [-0.25, -0.2) is 9.59 Å². The minimum Gasteiger partial charge on any atom is -0.479 e. The number of nitrogens with two attached hydrogens (primary N) is 1. The molecule has 0 radical (unpaired) electrons. The first-order valence-electron chi connectivity index (χ1n) is 7.88. The van der Waals surface area contributed by atoms with Crippen molar-refractivity contribution in [1.82, 2.24) is 4.90 Å². The molecule has 0 aromatic carbocycles. The molecule has 0 aromatic rings. The van der Waals surface area contributed by atoms with Crippen molar-refractivity contribution in [2.75, 3.05) is 6.54 Å². The Morgan fingerprint density at radius 1 is 1.33 bits per heavy atom. The predicted molar refractivity (Wildman–Crippen MR) is 89.8 cm³/mol. The maximum Gasteiger partial charge on any atom is 0.332 e. The highest BCUT2D eigenvalue weighted by Crippen LogP contribution is 2.21. The molecule has 136 valence electrons. The van der Waals surface area contributed by atoms with Gasteiger partial charge in [0.2, 0.25) is 0 Å². The molecule has 8 nitrogen and oxygen atoms in total. The Bertz CT molecular complexity index is 510. The Kier molecular flexibility index (Phi) is 7.71. The van der Waals surface area contributed by atoms with Crippen molar-refractivity contribution in [3.63, 3.8) is 0 Å². The van der Waals surface area contributed by atoms with E-state index < -0.39 is 36.1 Å². The number of likely N-dealkylation sites (tertiary alicyclic amines) is 1. The Labute approximate surface area is 145 Å². The van der Waals surface area contributed by atoms with Crippen molar-refractivity contribution in [2.45, 2.75) is 63.8 Å². The molecule has 1 rings (SSSR count). The highest BCUT2D eigenvalue weighted by molar-refractivity contribution is 7.80. The average molecular weight is 360 g/mol. The van der Waals surface area contributed by atoms with E-state index in [2.05, 4.69) is 0 Å². The zero-order valence-corrected chi connectivity index (χ0v) is 14.6. The van der Waals surface area contributed by atoms with Crippen molar-refractivity contribution < 1.29 is 29.3 Å². The molecule has 1 fully saturated rings. The Hall–Kier alpha value is -1.58. The van der Waals surface area contributed by atoms with E-state index in [1.54, 1.807) is 13.8 Å². The molecule has 1 aliphatic heterocycles. The molecule has 1 amide bonds. The number of aliphatic carboxylic acids is 2. The van der Waals surface area contributed by atoms with Gasteiger partial charge in [0, 0.05) is 17.5 Å². The summed E-state index contributed by atoms with van der Waals surface area (Å²) in [6.07, 6.45) is -1.00. The number of rotatable bonds is 9. The second-order valence-electron chi connectivity index (χ2n) is 5.90. The lowest BCUT2D eigenvalue weighted by molar-refractivity contribution is -0.165. The molecule has 1 heterocycles. The molecule has 4 atom stereocenters. The normalized spacial score (nSPS) is 21.4. The van der Waals surface area contributed by atoms with E-state index >= 15 is 0 Å². The first-order valence-corrected chi connectivity index (χ1v) is 8.29.